The smallest absolute Gasteiger partial charge is 0.266 e. The number of hydrogen-bond acceptors (Lipinski definition) is 4. The molecule has 0 saturated carbocycles. The molecule has 1 N–H and O–H groups in total. The summed E-state index contributed by atoms with van der Waals surface area (Å²) in [4.78, 5) is 13.3. The number of nitrogens with one attached hydrogen (secondary N) is 1. The van der Waals surface area contributed by atoms with E-state index in [0.717, 1.165) is 25.8 Å². The molecule has 1 amide bonds. The van der Waals surface area contributed by atoms with Crippen molar-refractivity contribution in [2.45, 2.75) is 27.0 Å². The van der Waals surface area contributed by atoms with Crippen molar-refractivity contribution in [1.29, 1.82) is 0 Å². The van der Waals surface area contributed by atoms with Crippen LogP contribution in [0.1, 0.15) is 31.9 Å². The normalized spacial score (nSPS) is 10.9. The van der Waals surface area contributed by atoms with Crippen molar-refractivity contribution in [3.05, 3.63) is 96.2 Å². The van der Waals surface area contributed by atoms with Crippen LogP contribution in [0, 0.1) is 13.8 Å². The first kappa shape index (κ1) is 22.8. The van der Waals surface area contributed by atoms with Crippen LogP contribution in [0.2, 0.25) is 0 Å². The summed E-state index contributed by atoms with van der Waals surface area (Å²) < 4.78 is 9.43. The number of thiophene rings is 1. The number of amides is 1. The lowest BCUT2D eigenvalue weighted by molar-refractivity contribution is 0.103. The molecule has 32 heavy (non-hydrogen) atoms. The Labute approximate surface area is 207 Å². The molecule has 0 aliphatic carbocycles. The Morgan fingerprint density at radius 3 is 2.59 bits per heavy atom. The molecule has 8 heteroatoms. The van der Waals surface area contributed by atoms with Crippen molar-refractivity contribution in [2.75, 3.05) is 5.32 Å². The Hall–Kier alpha value is -2.42. The van der Waals surface area contributed by atoms with Crippen molar-refractivity contribution in [2.24, 2.45) is 0 Å². The maximum absolute atomic E-state index is 12.7. The van der Waals surface area contributed by atoms with Crippen LogP contribution in [-0.4, -0.2) is 15.7 Å². The summed E-state index contributed by atoms with van der Waals surface area (Å²) in [6.45, 7) is 5.16. The second-order valence-corrected chi connectivity index (χ2v) is 10.1. The highest BCUT2D eigenvalue weighted by molar-refractivity contribution is 9.10. The third-order valence-electron chi connectivity index (χ3n) is 4.97. The van der Waals surface area contributed by atoms with Crippen LogP contribution in [0.4, 0.5) is 5.82 Å². The molecule has 2 aromatic carbocycles. The standard InChI is InChI=1S/C24H21Br2N3O2S/c1-15-3-8-20(9-16(15)2)31-13-18-10-22(32-14-18)24(30)27-23-21(26)12-29(28-23)11-17-4-6-19(25)7-5-17/h3-10,12,14H,11,13H2,1-2H3,(H,27,28,30). The number of rotatable bonds is 7. The number of aryl methyl sites for hydroxylation is 2. The highest BCUT2D eigenvalue weighted by Gasteiger charge is 2.14. The molecule has 164 valence electrons. The van der Waals surface area contributed by atoms with E-state index in [1.807, 2.05) is 60.1 Å². The monoisotopic (exact) mass is 573 g/mol. The van der Waals surface area contributed by atoms with Gasteiger partial charge in [0.2, 0.25) is 0 Å². The van der Waals surface area contributed by atoms with Crippen LogP contribution in [0.5, 0.6) is 5.75 Å². The molecule has 0 unspecified atom stereocenters. The van der Waals surface area contributed by atoms with Crippen LogP contribution < -0.4 is 10.1 Å². The van der Waals surface area contributed by atoms with E-state index in [-0.39, 0.29) is 5.91 Å². The Morgan fingerprint density at radius 2 is 1.84 bits per heavy atom. The third kappa shape index (κ3) is 5.68. The molecule has 4 aromatic rings. The minimum Gasteiger partial charge on any atom is -0.489 e. The van der Waals surface area contributed by atoms with Crippen LogP contribution in [-0.2, 0) is 13.2 Å². The van der Waals surface area contributed by atoms with E-state index < -0.39 is 0 Å². The topological polar surface area (TPSA) is 56.1 Å². The summed E-state index contributed by atoms with van der Waals surface area (Å²) >= 11 is 8.32. The summed E-state index contributed by atoms with van der Waals surface area (Å²) in [5.41, 5.74) is 4.50. The van der Waals surface area contributed by atoms with Gasteiger partial charge in [0.05, 0.1) is 15.9 Å². The number of halogens is 2. The van der Waals surface area contributed by atoms with E-state index in [1.165, 1.54) is 22.5 Å². The lowest BCUT2D eigenvalue weighted by atomic mass is 10.1. The minimum absolute atomic E-state index is 0.193. The van der Waals surface area contributed by atoms with Gasteiger partial charge >= 0.3 is 0 Å². The van der Waals surface area contributed by atoms with Gasteiger partial charge in [-0.2, -0.15) is 5.10 Å². The maximum Gasteiger partial charge on any atom is 0.266 e. The molecule has 0 radical (unpaired) electrons. The summed E-state index contributed by atoms with van der Waals surface area (Å²) in [6, 6.07) is 15.9. The van der Waals surface area contributed by atoms with E-state index >= 15 is 0 Å². The van der Waals surface area contributed by atoms with Gasteiger partial charge in [0.25, 0.3) is 5.91 Å². The molecule has 0 bridgehead atoms. The van der Waals surface area contributed by atoms with Gasteiger partial charge in [-0.3, -0.25) is 9.48 Å². The highest BCUT2D eigenvalue weighted by Crippen LogP contribution is 2.24. The number of hydrogen-bond donors (Lipinski definition) is 1. The van der Waals surface area contributed by atoms with E-state index in [2.05, 4.69) is 56.1 Å². The van der Waals surface area contributed by atoms with E-state index in [0.29, 0.717) is 23.8 Å². The Balaban J connectivity index is 1.37. The molecular weight excluding hydrogens is 554 g/mol. The highest BCUT2D eigenvalue weighted by atomic mass is 79.9. The predicted octanol–water partition coefficient (Wildman–Crippen LogP) is 6.97. The summed E-state index contributed by atoms with van der Waals surface area (Å²) in [7, 11) is 0. The fourth-order valence-electron chi connectivity index (χ4n) is 3.05. The van der Waals surface area contributed by atoms with Crippen LogP contribution in [0.25, 0.3) is 0 Å². The van der Waals surface area contributed by atoms with Crippen molar-refractivity contribution >= 4 is 54.9 Å². The zero-order chi connectivity index (χ0) is 22.7. The molecular formula is C24H21Br2N3O2S. The van der Waals surface area contributed by atoms with Gasteiger partial charge in [0.1, 0.15) is 12.4 Å². The van der Waals surface area contributed by atoms with Crippen molar-refractivity contribution in [1.82, 2.24) is 9.78 Å². The number of nitrogens with zero attached hydrogens (tertiary/aromatic N) is 2. The summed E-state index contributed by atoms with van der Waals surface area (Å²) in [6.07, 6.45) is 1.86. The molecule has 0 fully saturated rings. The van der Waals surface area contributed by atoms with E-state index in [1.54, 1.807) is 4.68 Å². The minimum atomic E-state index is -0.193. The van der Waals surface area contributed by atoms with Gasteiger partial charge < -0.3 is 10.1 Å². The number of carbonyl (C=O) groups excluding carboxylic acids is 1. The largest absolute Gasteiger partial charge is 0.489 e. The van der Waals surface area contributed by atoms with Gasteiger partial charge in [-0.15, -0.1) is 11.3 Å². The third-order valence-corrected chi connectivity index (χ3v) is 7.05. The van der Waals surface area contributed by atoms with Crippen molar-refractivity contribution < 1.29 is 9.53 Å². The average molecular weight is 575 g/mol. The fraction of sp³-hybridized carbons (Fsp3) is 0.167. The number of anilines is 1. The molecule has 5 nitrogen and oxygen atoms in total. The molecule has 0 atom stereocenters. The van der Waals surface area contributed by atoms with Gasteiger partial charge in [0.15, 0.2) is 5.82 Å². The lowest BCUT2D eigenvalue weighted by Gasteiger charge is -2.07. The van der Waals surface area contributed by atoms with Gasteiger partial charge in [0, 0.05) is 16.2 Å². The average Bonchev–Trinajstić information content (AvgIpc) is 3.37. The Kier molecular flexibility index (Phi) is 7.13. The summed E-state index contributed by atoms with van der Waals surface area (Å²) in [5, 5.41) is 9.33. The zero-order valence-corrected chi connectivity index (χ0v) is 21.6. The molecule has 0 saturated heterocycles. The number of benzene rings is 2. The molecule has 2 heterocycles. The van der Waals surface area contributed by atoms with Crippen LogP contribution in [0.15, 0.2) is 69.1 Å². The molecule has 2 aromatic heterocycles. The second kappa shape index (κ2) is 10.0. The van der Waals surface area contributed by atoms with Crippen LogP contribution in [0.3, 0.4) is 0 Å². The van der Waals surface area contributed by atoms with Gasteiger partial charge in [-0.1, -0.05) is 34.1 Å². The second-order valence-electron chi connectivity index (χ2n) is 7.46. The Bertz CT molecular complexity index is 1250. The van der Waals surface area contributed by atoms with Gasteiger partial charge in [-0.05, 0) is 82.2 Å². The van der Waals surface area contributed by atoms with Crippen LogP contribution >= 0.6 is 43.2 Å². The van der Waals surface area contributed by atoms with E-state index in [4.69, 9.17) is 4.74 Å². The number of ether oxygens (including phenoxy) is 1. The zero-order valence-electron chi connectivity index (χ0n) is 17.6. The number of carbonyl (C=O) groups is 1. The molecule has 4 rings (SSSR count). The fourth-order valence-corrected chi connectivity index (χ4v) is 4.52. The summed E-state index contributed by atoms with van der Waals surface area (Å²) in [5.74, 6) is 1.13. The number of aromatic nitrogens is 2. The SMILES string of the molecule is Cc1ccc(OCc2csc(C(=O)Nc3nn(Cc4ccc(Br)cc4)cc3Br)c2)cc1C. The Morgan fingerprint density at radius 1 is 1.06 bits per heavy atom. The van der Waals surface area contributed by atoms with Crippen molar-refractivity contribution in [3.8, 4) is 5.75 Å². The first-order valence-electron chi connectivity index (χ1n) is 9.93. The molecule has 0 spiro atoms. The van der Waals surface area contributed by atoms with Gasteiger partial charge in [-0.25, -0.2) is 0 Å². The van der Waals surface area contributed by atoms with Crippen molar-refractivity contribution in [3.63, 3.8) is 0 Å². The lowest BCUT2D eigenvalue weighted by Crippen LogP contribution is -2.11. The first-order valence-corrected chi connectivity index (χ1v) is 12.4. The molecule has 0 aliphatic rings. The maximum atomic E-state index is 12.7. The first-order chi connectivity index (χ1) is 15.4. The van der Waals surface area contributed by atoms with E-state index in [9.17, 15) is 4.79 Å². The predicted molar refractivity (Wildman–Crippen MR) is 136 cm³/mol. The molecule has 0 aliphatic heterocycles. The quantitative estimate of drug-likeness (QED) is 0.259.